The van der Waals surface area contributed by atoms with Crippen LogP contribution >= 0.6 is 0 Å². The molecule has 42 heavy (non-hydrogen) atoms. The van der Waals surface area contributed by atoms with Crippen LogP contribution in [0.25, 0.3) is 0 Å². The molecule has 0 spiro atoms. The average molecular weight is 585 g/mol. The van der Waals surface area contributed by atoms with E-state index in [9.17, 15) is 0 Å². The largest absolute Gasteiger partial charge is 0.0625 e. The second kappa shape index (κ2) is 29.7. The molecule has 0 saturated heterocycles. The fraction of sp³-hybridized carbons (Fsp3) is 0.952. The molecule has 0 bridgehead atoms. The van der Waals surface area contributed by atoms with Crippen LogP contribution in [0, 0.1) is 30.6 Å². The molecule has 2 unspecified atom stereocenters. The van der Waals surface area contributed by atoms with Crippen LogP contribution < -0.4 is 0 Å². The summed E-state index contributed by atoms with van der Waals surface area (Å²) in [4.78, 5) is 0. The summed E-state index contributed by atoms with van der Waals surface area (Å²) in [6.45, 7) is 2.65. The smallest absolute Gasteiger partial charge is 0.0386 e. The van der Waals surface area contributed by atoms with Gasteiger partial charge in [-0.25, -0.2) is 0 Å². The van der Waals surface area contributed by atoms with Gasteiger partial charge in [-0.1, -0.05) is 225 Å². The lowest BCUT2D eigenvalue weighted by Gasteiger charge is -2.25. The van der Waals surface area contributed by atoms with E-state index < -0.39 is 0 Å². The highest BCUT2D eigenvalue weighted by atomic mass is 14.2. The molecule has 0 aromatic carbocycles. The predicted molar refractivity (Wildman–Crippen MR) is 191 cm³/mol. The maximum absolute atomic E-state index is 2.65. The molecule has 2 atom stereocenters. The Labute approximate surface area is 268 Å². The van der Waals surface area contributed by atoms with Gasteiger partial charge in [0.15, 0.2) is 0 Å². The molecular weight excluding hydrogens is 504 g/mol. The van der Waals surface area contributed by atoms with Crippen LogP contribution in [0.5, 0.6) is 0 Å². The molecule has 0 heterocycles. The summed E-state index contributed by atoms with van der Waals surface area (Å²) in [6, 6.07) is 0. The van der Waals surface area contributed by atoms with Crippen molar-refractivity contribution in [3.8, 4) is 0 Å². The van der Waals surface area contributed by atoms with Crippen molar-refractivity contribution in [2.75, 3.05) is 0 Å². The van der Waals surface area contributed by atoms with Crippen LogP contribution in [0.15, 0.2) is 0 Å². The first-order valence-electron chi connectivity index (χ1n) is 20.5. The topological polar surface area (TPSA) is 0 Å². The molecule has 2 radical (unpaired) electrons. The molecule has 0 heteroatoms. The van der Waals surface area contributed by atoms with Crippen molar-refractivity contribution in [2.24, 2.45) is 17.8 Å². The fourth-order valence-electron chi connectivity index (χ4n) is 8.35. The lowest BCUT2D eigenvalue weighted by molar-refractivity contribution is 0.268. The summed E-state index contributed by atoms with van der Waals surface area (Å²) in [6.07, 6.45) is 58.4. The van der Waals surface area contributed by atoms with E-state index >= 15 is 0 Å². The van der Waals surface area contributed by atoms with E-state index in [1.165, 1.54) is 231 Å². The molecule has 2 rings (SSSR count). The van der Waals surface area contributed by atoms with Gasteiger partial charge in [0.05, 0.1) is 0 Å². The highest BCUT2D eigenvalue weighted by Gasteiger charge is 2.18. The van der Waals surface area contributed by atoms with Gasteiger partial charge < -0.3 is 0 Å². The molecule has 0 aromatic rings. The summed E-state index contributed by atoms with van der Waals surface area (Å²) in [5.41, 5.74) is 0. The predicted octanol–water partition coefficient (Wildman–Crippen LogP) is 15.3. The van der Waals surface area contributed by atoms with Gasteiger partial charge in [-0.2, -0.15) is 0 Å². The zero-order chi connectivity index (χ0) is 29.6. The van der Waals surface area contributed by atoms with Crippen LogP contribution in [0.4, 0.5) is 0 Å². The Balaban J connectivity index is 1.77. The molecule has 0 aromatic heterocycles. The van der Waals surface area contributed by atoms with E-state index in [0.717, 1.165) is 17.8 Å². The Morgan fingerprint density at radius 1 is 0.333 bits per heavy atom. The van der Waals surface area contributed by atoms with Crippen LogP contribution in [0.1, 0.15) is 238 Å². The summed E-state index contributed by atoms with van der Waals surface area (Å²) in [5, 5.41) is 0. The summed E-state index contributed by atoms with van der Waals surface area (Å²) >= 11 is 0. The third kappa shape index (κ3) is 24.3. The average Bonchev–Trinajstić information content (AvgIpc) is 2.98. The molecule has 2 aliphatic carbocycles. The van der Waals surface area contributed by atoms with Gasteiger partial charge in [0.2, 0.25) is 0 Å². The van der Waals surface area contributed by atoms with Gasteiger partial charge >= 0.3 is 0 Å². The Morgan fingerprint density at radius 3 is 0.810 bits per heavy atom. The van der Waals surface area contributed by atoms with Crippen LogP contribution in [0.3, 0.4) is 0 Å². The molecule has 248 valence electrons. The minimum absolute atomic E-state index is 0.940. The molecule has 0 amide bonds. The SMILES string of the molecule is CC(CC1CCCCCCCC[CH]CCCCCCCCC1)CC1CCCCCCCC[CH]CCCCCCCCC1. The normalized spacial score (nSPS) is 24.4. The standard InChI is InChI=1S/C42H80/c1-40(38-41-34-30-26-22-18-14-10-6-2-3-7-11-15-19-23-27-31-35-41)39-42-36-32-28-24-20-16-12-8-4-5-9-13-17-21-25-29-33-37-42/h2,4,40-42H,3,5-39H2,1H3. The van der Waals surface area contributed by atoms with Crippen molar-refractivity contribution in [3.63, 3.8) is 0 Å². The molecule has 0 aliphatic heterocycles. The van der Waals surface area contributed by atoms with Gasteiger partial charge in [-0.15, -0.1) is 0 Å². The van der Waals surface area contributed by atoms with E-state index in [1.54, 1.807) is 0 Å². The van der Waals surface area contributed by atoms with Gasteiger partial charge in [0, 0.05) is 0 Å². The molecule has 0 nitrogen and oxygen atoms in total. The van der Waals surface area contributed by atoms with Crippen LogP contribution in [-0.4, -0.2) is 0 Å². The first-order chi connectivity index (χ1) is 20.8. The third-order valence-electron chi connectivity index (χ3n) is 11.1. The summed E-state index contributed by atoms with van der Waals surface area (Å²) in [7, 11) is 0. The third-order valence-corrected chi connectivity index (χ3v) is 11.1. The number of rotatable bonds is 4. The van der Waals surface area contributed by atoms with E-state index in [1.807, 2.05) is 0 Å². The van der Waals surface area contributed by atoms with E-state index in [-0.39, 0.29) is 0 Å². The maximum atomic E-state index is 2.65. The first kappa shape index (κ1) is 38.2. The van der Waals surface area contributed by atoms with Crippen LogP contribution in [-0.2, 0) is 0 Å². The Bertz CT molecular complexity index is 436. The lowest BCUT2D eigenvalue weighted by Crippen LogP contribution is -2.12. The van der Waals surface area contributed by atoms with Crippen molar-refractivity contribution in [2.45, 2.75) is 238 Å². The number of hydrogen-bond donors (Lipinski definition) is 0. The second-order valence-corrected chi connectivity index (χ2v) is 15.4. The highest BCUT2D eigenvalue weighted by molar-refractivity contribution is 4.71. The molecular formula is C42H80. The fourth-order valence-corrected chi connectivity index (χ4v) is 8.35. The lowest BCUT2D eigenvalue weighted by atomic mass is 9.80. The van der Waals surface area contributed by atoms with Crippen molar-refractivity contribution >= 4 is 0 Å². The zero-order valence-corrected chi connectivity index (χ0v) is 29.3. The minimum atomic E-state index is 0.940. The van der Waals surface area contributed by atoms with Gasteiger partial charge in [0.1, 0.15) is 0 Å². The van der Waals surface area contributed by atoms with E-state index in [0.29, 0.717) is 0 Å². The Kier molecular flexibility index (Phi) is 27.0. The summed E-state index contributed by atoms with van der Waals surface area (Å²) in [5.74, 6) is 2.96. The molecule has 0 N–H and O–H groups in total. The van der Waals surface area contributed by atoms with Crippen molar-refractivity contribution in [1.29, 1.82) is 0 Å². The Morgan fingerprint density at radius 2 is 0.548 bits per heavy atom. The number of hydrogen-bond acceptors (Lipinski definition) is 0. The minimum Gasteiger partial charge on any atom is -0.0625 e. The van der Waals surface area contributed by atoms with Crippen LogP contribution in [0.2, 0.25) is 0 Å². The molecule has 2 saturated carbocycles. The monoisotopic (exact) mass is 585 g/mol. The van der Waals surface area contributed by atoms with Gasteiger partial charge in [0.25, 0.3) is 0 Å². The van der Waals surface area contributed by atoms with Gasteiger partial charge in [-0.05, 0) is 43.4 Å². The quantitative estimate of drug-likeness (QED) is 0.308. The highest BCUT2D eigenvalue weighted by Crippen LogP contribution is 2.32. The van der Waals surface area contributed by atoms with Crippen molar-refractivity contribution in [1.82, 2.24) is 0 Å². The zero-order valence-electron chi connectivity index (χ0n) is 29.3. The maximum Gasteiger partial charge on any atom is -0.0386 e. The second-order valence-electron chi connectivity index (χ2n) is 15.4. The van der Waals surface area contributed by atoms with E-state index in [4.69, 9.17) is 0 Å². The first-order valence-corrected chi connectivity index (χ1v) is 20.5. The van der Waals surface area contributed by atoms with E-state index in [2.05, 4.69) is 19.8 Å². The summed E-state index contributed by atoms with van der Waals surface area (Å²) < 4.78 is 0. The van der Waals surface area contributed by atoms with Crippen molar-refractivity contribution in [3.05, 3.63) is 12.8 Å². The molecule has 2 fully saturated rings. The van der Waals surface area contributed by atoms with Crippen molar-refractivity contribution < 1.29 is 0 Å². The van der Waals surface area contributed by atoms with Gasteiger partial charge in [-0.3, -0.25) is 0 Å². The Hall–Kier alpha value is 0. The molecule has 2 aliphatic rings.